The number of aromatic amines is 1. The minimum atomic E-state index is -0.0537. The van der Waals surface area contributed by atoms with Gasteiger partial charge in [-0.25, -0.2) is 4.98 Å². The summed E-state index contributed by atoms with van der Waals surface area (Å²) in [5.41, 5.74) is 4.73. The van der Waals surface area contributed by atoms with E-state index in [0.29, 0.717) is 12.4 Å². The second-order valence-electron chi connectivity index (χ2n) is 7.04. The highest BCUT2D eigenvalue weighted by molar-refractivity contribution is 5.53. The van der Waals surface area contributed by atoms with E-state index in [1.54, 1.807) is 12.4 Å². The summed E-state index contributed by atoms with van der Waals surface area (Å²) >= 11 is 0. The smallest absolute Gasteiger partial charge is 0.255 e. The Hall–Kier alpha value is -2.80. The van der Waals surface area contributed by atoms with E-state index in [9.17, 15) is 4.79 Å². The van der Waals surface area contributed by atoms with Gasteiger partial charge < -0.3 is 4.98 Å². The van der Waals surface area contributed by atoms with E-state index in [-0.39, 0.29) is 5.56 Å². The molecule has 0 bridgehead atoms. The van der Waals surface area contributed by atoms with Gasteiger partial charge in [0.05, 0.1) is 17.0 Å². The number of nitrogens with zero attached hydrogens (tertiary/aromatic N) is 5. The van der Waals surface area contributed by atoms with Crippen LogP contribution in [0.15, 0.2) is 35.5 Å². The number of H-pyrrole nitrogens is 1. The lowest BCUT2D eigenvalue weighted by atomic mass is 10.1. The summed E-state index contributed by atoms with van der Waals surface area (Å²) in [5.74, 6) is 0.594. The number of nitrogens with one attached hydrogen (secondary N) is 1. The van der Waals surface area contributed by atoms with Crippen molar-refractivity contribution in [3.63, 3.8) is 0 Å². The molecule has 7 heteroatoms. The van der Waals surface area contributed by atoms with E-state index in [1.807, 2.05) is 23.7 Å². The van der Waals surface area contributed by atoms with Crippen LogP contribution < -0.4 is 5.56 Å². The zero-order valence-corrected chi connectivity index (χ0v) is 15.8. The predicted molar refractivity (Wildman–Crippen MR) is 103 cm³/mol. The molecule has 3 aromatic heterocycles. The monoisotopic (exact) mass is 364 g/mol. The molecule has 140 valence electrons. The van der Waals surface area contributed by atoms with Crippen molar-refractivity contribution in [2.45, 2.75) is 46.3 Å². The fourth-order valence-corrected chi connectivity index (χ4v) is 3.55. The normalized spacial score (nSPS) is 14.3. The molecule has 4 rings (SSSR count). The molecule has 0 aliphatic carbocycles. The van der Waals surface area contributed by atoms with Crippen molar-refractivity contribution in [2.24, 2.45) is 0 Å². The Morgan fingerprint density at radius 3 is 3.00 bits per heavy atom. The van der Waals surface area contributed by atoms with Gasteiger partial charge in [-0.3, -0.25) is 19.4 Å². The zero-order valence-electron chi connectivity index (χ0n) is 15.8. The van der Waals surface area contributed by atoms with Crippen LogP contribution in [-0.4, -0.2) is 36.2 Å². The van der Waals surface area contributed by atoms with Crippen molar-refractivity contribution in [1.82, 2.24) is 29.6 Å². The number of pyridine rings is 1. The quantitative estimate of drug-likeness (QED) is 0.751. The summed E-state index contributed by atoms with van der Waals surface area (Å²) in [6, 6.07) is 3.75. The van der Waals surface area contributed by atoms with Crippen LogP contribution in [0.1, 0.15) is 35.9 Å². The van der Waals surface area contributed by atoms with E-state index in [4.69, 9.17) is 4.98 Å². The minimum absolute atomic E-state index is 0.0537. The van der Waals surface area contributed by atoms with E-state index < -0.39 is 0 Å². The molecule has 7 nitrogen and oxygen atoms in total. The highest BCUT2D eigenvalue weighted by Gasteiger charge is 2.22. The Morgan fingerprint density at radius 1 is 1.33 bits per heavy atom. The fourth-order valence-electron chi connectivity index (χ4n) is 3.55. The second-order valence-corrected chi connectivity index (χ2v) is 7.04. The van der Waals surface area contributed by atoms with Crippen molar-refractivity contribution in [3.05, 3.63) is 63.6 Å². The van der Waals surface area contributed by atoms with Crippen molar-refractivity contribution in [3.8, 4) is 11.4 Å². The average molecular weight is 364 g/mol. The summed E-state index contributed by atoms with van der Waals surface area (Å²) in [5, 5.41) is 4.58. The average Bonchev–Trinajstić information content (AvgIpc) is 3.02. The van der Waals surface area contributed by atoms with Crippen molar-refractivity contribution in [2.75, 3.05) is 6.54 Å². The topological polar surface area (TPSA) is 79.7 Å². The van der Waals surface area contributed by atoms with Crippen LogP contribution in [0.5, 0.6) is 0 Å². The molecule has 0 unspecified atom stereocenters. The highest BCUT2D eigenvalue weighted by atomic mass is 16.1. The largest absolute Gasteiger partial charge is 0.306 e. The van der Waals surface area contributed by atoms with E-state index in [1.165, 1.54) is 5.56 Å². The van der Waals surface area contributed by atoms with Crippen LogP contribution in [0.2, 0.25) is 0 Å². The van der Waals surface area contributed by atoms with Gasteiger partial charge in [-0.05, 0) is 25.5 Å². The maximum Gasteiger partial charge on any atom is 0.255 e. The van der Waals surface area contributed by atoms with Crippen LogP contribution in [0.4, 0.5) is 0 Å². The highest BCUT2D eigenvalue weighted by Crippen LogP contribution is 2.20. The third-order valence-electron chi connectivity index (χ3n) is 4.98. The lowest BCUT2D eigenvalue weighted by molar-refractivity contribution is 0.241. The predicted octanol–water partition coefficient (Wildman–Crippen LogP) is 2.31. The first kappa shape index (κ1) is 17.6. The molecule has 4 heterocycles. The molecule has 1 aliphatic heterocycles. The van der Waals surface area contributed by atoms with Gasteiger partial charge in [-0.15, -0.1) is 0 Å². The summed E-state index contributed by atoms with van der Waals surface area (Å²) in [6.07, 6.45) is 7.40. The Labute approximate surface area is 158 Å². The first-order valence-electron chi connectivity index (χ1n) is 9.41. The van der Waals surface area contributed by atoms with Crippen LogP contribution >= 0.6 is 0 Å². The number of hydrogen-bond donors (Lipinski definition) is 1. The maximum atomic E-state index is 12.7. The van der Waals surface area contributed by atoms with Crippen LogP contribution in [0, 0.1) is 6.92 Å². The fraction of sp³-hybridized carbons (Fsp3) is 0.400. The molecule has 3 aromatic rings. The summed E-state index contributed by atoms with van der Waals surface area (Å²) in [7, 11) is 0. The first-order valence-corrected chi connectivity index (χ1v) is 9.41. The molecule has 0 amide bonds. The standard InChI is InChI=1S/C20H24N6O/c1-3-8-26-12-16(14(2)24-26)11-25-9-6-18-17(13-25)20(27)23-19(22-18)15-5-4-7-21-10-15/h4-5,7,10,12H,3,6,8-9,11,13H2,1-2H3,(H,22,23,27). The van der Waals surface area contributed by atoms with Crippen molar-refractivity contribution < 1.29 is 0 Å². The molecular weight excluding hydrogens is 340 g/mol. The van der Waals surface area contributed by atoms with Crippen molar-refractivity contribution in [1.29, 1.82) is 0 Å². The molecule has 0 saturated carbocycles. The summed E-state index contributed by atoms with van der Waals surface area (Å²) < 4.78 is 2.01. The molecule has 0 fully saturated rings. The molecule has 0 radical (unpaired) electrons. The van der Waals surface area contributed by atoms with Gasteiger partial charge in [0.1, 0.15) is 5.82 Å². The van der Waals surface area contributed by atoms with Crippen LogP contribution in [0.25, 0.3) is 11.4 Å². The Kier molecular flexibility index (Phi) is 4.85. The number of aromatic nitrogens is 5. The third kappa shape index (κ3) is 3.68. The van der Waals surface area contributed by atoms with Gasteiger partial charge in [0.15, 0.2) is 0 Å². The van der Waals surface area contributed by atoms with Crippen LogP contribution in [0.3, 0.4) is 0 Å². The number of aryl methyl sites for hydroxylation is 2. The maximum absolute atomic E-state index is 12.7. The molecule has 1 aliphatic rings. The van der Waals surface area contributed by atoms with Crippen LogP contribution in [-0.2, 0) is 26.1 Å². The van der Waals surface area contributed by atoms with Gasteiger partial charge in [0.2, 0.25) is 0 Å². The number of hydrogen-bond acceptors (Lipinski definition) is 5. The van der Waals surface area contributed by atoms with Gasteiger partial charge in [0.25, 0.3) is 5.56 Å². The molecule has 0 spiro atoms. The SMILES string of the molecule is CCCn1cc(CN2CCc3nc(-c4cccnc4)[nH]c(=O)c3C2)c(C)n1. The van der Waals surface area contributed by atoms with Gasteiger partial charge in [0, 0.05) is 62.3 Å². The summed E-state index contributed by atoms with van der Waals surface area (Å²) in [6.45, 7) is 7.44. The Balaban J connectivity index is 1.54. The molecule has 1 N–H and O–H groups in total. The van der Waals surface area contributed by atoms with Crippen molar-refractivity contribution >= 4 is 0 Å². The first-order chi connectivity index (χ1) is 13.1. The van der Waals surface area contributed by atoms with E-state index in [2.05, 4.69) is 33.1 Å². The lowest BCUT2D eigenvalue weighted by Gasteiger charge is -2.27. The summed E-state index contributed by atoms with van der Waals surface area (Å²) in [4.78, 5) is 26.7. The van der Waals surface area contributed by atoms with E-state index in [0.717, 1.165) is 55.0 Å². The zero-order chi connectivity index (χ0) is 18.8. The lowest BCUT2D eigenvalue weighted by Crippen LogP contribution is -2.35. The molecule has 0 saturated heterocycles. The Bertz CT molecular complexity index is 991. The molecular formula is C20H24N6O. The number of fused-ring (bicyclic) bond motifs is 1. The number of rotatable bonds is 5. The Morgan fingerprint density at radius 2 is 2.22 bits per heavy atom. The third-order valence-corrected chi connectivity index (χ3v) is 4.98. The van der Waals surface area contributed by atoms with Gasteiger partial charge in [-0.2, -0.15) is 5.10 Å². The van der Waals surface area contributed by atoms with Gasteiger partial charge >= 0.3 is 0 Å². The molecule has 0 aromatic carbocycles. The minimum Gasteiger partial charge on any atom is -0.306 e. The molecule has 27 heavy (non-hydrogen) atoms. The second kappa shape index (κ2) is 7.44. The van der Waals surface area contributed by atoms with Gasteiger partial charge in [-0.1, -0.05) is 6.92 Å². The van der Waals surface area contributed by atoms with E-state index >= 15 is 0 Å². The molecule has 0 atom stereocenters.